The average Bonchev–Trinajstić information content (AvgIpc) is 3.42. The Kier molecular flexibility index (Phi) is 15.1. The number of hydrogen-bond donors (Lipinski definition) is 6. The van der Waals surface area contributed by atoms with Gasteiger partial charge in [0, 0.05) is 40.3 Å². The standard InChI is InChI=1S/C19H17N3O6S.C17H15ClN4O4S.Cr.H3N/c1-28-19(25)20-13-5-3-4-11-6-8-16(24)18(17(11)13)22-21-14-10-12(29(2,26)27)7-9-15(14)23;1-10-16(17(24)22(21-10)12-5-3-4-11(18)8-12)20-19-14-9-13(27(2,25)26)6-7-15(14)23;;/h3-10,23-24H,1-2H3,(H,20,25);3-9,23-24H,1-2H3;;1H3/p+1. The second-order valence-corrected chi connectivity index (χ2v) is 16.3. The maximum Gasteiger partial charge on any atom is 0.411 e. The normalized spacial score (nSPS) is 11.4. The minimum absolute atomic E-state index is 0. The van der Waals surface area contributed by atoms with E-state index in [1.807, 2.05) is 0 Å². The van der Waals surface area contributed by atoms with Gasteiger partial charge in [-0.25, -0.2) is 21.6 Å². The van der Waals surface area contributed by atoms with Crippen LogP contribution in [0.1, 0.15) is 5.69 Å². The molecule has 0 aliphatic rings. The molecule has 1 aromatic heterocycles. The van der Waals surface area contributed by atoms with Gasteiger partial charge in [0.1, 0.15) is 34.3 Å². The van der Waals surface area contributed by atoms with Crippen molar-refractivity contribution in [2.45, 2.75) is 16.7 Å². The van der Waals surface area contributed by atoms with Crippen molar-refractivity contribution in [1.82, 2.24) is 15.9 Å². The molecule has 0 aliphatic heterocycles. The fourth-order valence-electron chi connectivity index (χ4n) is 4.96. The fourth-order valence-corrected chi connectivity index (χ4v) is 6.43. The van der Waals surface area contributed by atoms with E-state index in [4.69, 9.17) is 11.6 Å². The molecule has 0 aliphatic carbocycles. The molecule has 5 aromatic carbocycles. The maximum absolute atomic E-state index is 11.7. The second kappa shape index (κ2) is 18.9. The second-order valence-electron chi connectivity index (χ2n) is 11.8. The number of nitrogens with zero attached hydrogens (tertiary/aromatic N) is 6. The fraction of sp³-hybridized carbons (Fsp3) is 0.111. The zero-order chi connectivity index (χ0) is 40.9. The molecule has 0 atom stereocenters. The van der Waals surface area contributed by atoms with Gasteiger partial charge in [-0.15, -0.1) is 20.5 Å². The van der Waals surface area contributed by atoms with Crippen LogP contribution in [-0.4, -0.2) is 72.8 Å². The Morgan fingerprint density at radius 2 is 1.28 bits per heavy atom. The molecule has 6 aromatic rings. The molecule has 0 fully saturated rings. The Morgan fingerprint density at radius 3 is 1.81 bits per heavy atom. The molecule has 58 heavy (non-hydrogen) atoms. The predicted octanol–water partition coefficient (Wildman–Crippen LogP) is 8.69. The number of sulfone groups is 2. The van der Waals surface area contributed by atoms with Crippen molar-refractivity contribution in [3.05, 3.63) is 102 Å². The van der Waals surface area contributed by atoms with Crippen molar-refractivity contribution in [3.8, 4) is 28.8 Å². The number of rotatable bonds is 8. The molecule has 304 valence electrons. The van der Waals surface area contributed by atoms with Crippen molar-refractivity contribution < 1.29 is 64.2 Å². The minimum Gasteiger partial charge on any atom is -0.506 e. The first-order chi connectivity index (χ1) is 26.4. The number of halogens is 1. The molecule has 1 heterocycles. The largest absolute Gasteiger partial charge is 0.506 e. The number of hydrogen-bond acceptors (Lipinski definition) is 15. The van der Waals surface area contributed by atoms with Gasteiger partial charge in [0.2, 0.25) is 5.88 Å². The Bertz CT molecular complexity index is 2780. The van der Waals surface area contributed by atoms with E-state index in [9.17, 15) is 42.1 Å². The number of phenolic OH excluding ortho intramolecular Hbond substituents is 3. The number of quaternary nitrogens is 1. The van der Waals surface area contributed by atoms with Gasteiger partial charge in [-0.05, 0) is 79.0 Å². The van der Waals surface area contributed by atoms with Crippen LogP contribution in [0.25, 0.3) is 16.5 Å². The number of carbonyl (C=O) groups is 1. The summed E-state index contributed by atoms with van der Waals surface area (Å²) in [6.45, 7) is 1.63. The van der Waals surface area contributed by atoms with Gasteiger partial charge in [0.25, 0.3) is 0 Å². The number of fused-ring (bicyclic) bond motifs is 1. The quantitative estimate of drug-likeness (QED) is 0.0785. The molecule has 0 radical (unpaired) electrons. The number of aryl methyl sites for hydroxylation is 1. The summed E-state index contributed by atoms with van der Waals surface area (Å²) < 4.78 is 52.6. The molecule has 9 N–H and O–H groups in total. The summed E-state index contributed by atoms with van der Waals surface area (Å²) in [7, 11) is -5.76. The topological polar surface area (TPSA) is 291 Å². The monoisotopic (exact) mass is 891 g/mol. The van der Waals surface area contributed by atoms with Gasteiger partial charge in [-0.1, -0.05) is 35.9 Å². The van der Waals surface area contributed by atoms with Crippen molar-refractivity contribution in [3.63, 3.8) is 0 Å². The van der Waals surface area contributed by atoms with Gasteiger partial charge < -0.3 is 31.3 Å². The maximum atomic E-state index is 11.7. The number of benzene rings is 5. The molecule has 0 saturated carbocycles. The third kappa shape index (κ3) is 10.9. The number of azo groups is 2. The van der Waals surface area contributed by atoms with E-state index in [1.54, 1.807) is 55.5 Å². The number of aromatic nitrogens is 2. The number of methoxy groups -OCH3 is 1. The molecule has 1 amide bonds. The van der Waals surface area contributed by atoms with E-state index in [1.165, 1.54) is 54.3 Å². The minimum atomic E-state index is -3.51. The van der Waals surface area contributed by atoms with E-state index < -0.39 is 25.8 Å². The van der Waals surface area contributed by atoms with E-state index in [-0.39, 0.29) is 79.2 Å². The number of nitrogens with one attached hydrogen (secondary N) is 1. The third-order valence-electron chi connectivity index (χ3n) is 7.74. The first-order valence-electron chi connectivity index (χ1n) is 15.9. The van der Waals surface area contributed by atoms with Crippen molar-refractivity contribution >= 4 is 76.6 Å². The molecule has 18 nitrogen and oxygen atoms in total. The molecule has 0 saturated heterocycles. The first-order valence-corrected chi connectivity index (χ1v) is 20.1. The van der Waals surface area contributed by atoms with Crippen LogP contribution in [0.4, 0.5) is 33.2 Å². The summed E-state index contributed by atoms with van der Waals surface area (Å²) in [5.74, 6) is -1.02. The van der Waals surface area contributed by atoms with Crippen molar-refractivity contribution in [2.24, 2.45) is 20.5 Å². The molecular formula is C36H36ClCrN8O10S2+. The molecule has 22 heteroatoms. The van der Waals surface area contributed by atoms with Gasteiger partial charge >= 0.3 is 6.09 Å². The van der Waals surface area contributed by atoms with Crippen LogP contribution in [-0.2, 0) is 41.8 Å². The molecule has 6 rings (SSSR count). The molecular weight excluding hydrogens is 856 g/mol. The Labute approximate surface area is 347 Å². The van der Waals surface area contributed by atoms with Crippen LogP contribution in [0.2, 0.25) is 5.02 Å². The Hall–Kier alpha value is -6.08. The predicted molar refractivity (Wildman–Crippen MR) is 213 cm³/mol. The van der Waals surface area contributed by atoms with Gasteiger partial charge in [-0.3, -0.25) is 5.32 Å². The van der Waals surface area contributed by atoms with E-state index in [2.05, 4.69) is 35.6 Å². The number of aromatic hydroxyl groups is 4. The van der Waals surface area contributed by atoms with Crippen LogP contribution in [0.15, 0.2) is 121 Å². The average molecular weight is 892 g/mol. The number of phenols is 3. The number of ether oxygens (including phenoxy) is 1. The zero-order valence-corrected chi connectivity index (χ0v) is 34.8. The Morgan fingerprint density at radius 1 is 0.741 bits per heavy atom. The van der Waals surface area contributed by atoms with Crippen LogP contribution in [0, 0.1) is 6.92 Å². The van der Waals surface area contributed by atoms with Gasteiger partial charge in [0.15, 0.2) is 25.4 Å². The van der Waals surface area contributed by atoms with Crippen molar-refractivity contribution in [2.75, 3.05) is 24.9 Å². The summed E-state index contributed by atoms with van der Waals surface area (Å²) in [6.07, 6.45) is 1.37. The molecule has 0 unspecified atom stereocenters. The first kappa shape index (κ1) is 46.3. The van der Waals surface area contributed by atoms with Gasteiger partial charge in [-0.2, -0.15) is 9.78 Å². The third-order valence-corrected chi connectivity index (χ3v) is 10.2. The summed E-state index contributed by atoms with van der Waals surface area (Å²) >= 11 is 5.96. The van der Waals surface area contributed by atoms with Crippen LogP contribution in [0.3, 0.4) is 0 Å². The number of anilines is 1. The Balaban J connectivity index is 0.000000301. The summed E-state index contributed by atoms with van der Waals surface area (Å²) in [5.41, 5.74) is 1.21. The summed E-state index contributed by atoms with van der Waals surface area (Å²) in [6, 6.07) is 22.1. The van der Waals surface area contributed by atoms with Crippen molar-refractivity contribution in [1.29, 1.82) is 0 Å². The summed E-state index contributed by atoms with van der Waals surface area (Å²) in [5, 5.41) is 64.6. The summed E-state index contributed by atoms with van der Waals surface area (Å²) in [4.78, 5) is 11.6. The number of carbonyl (C=O) groups excluding carboxylic acids is 1. The van der Waals surface area contributed by atoms with E-state index in [0.29, 0.717) is 32.9 Å². The van der Waals surface area contributed by atoms with E-state index >= 15 is 0 Å². The SMILES string of the molecule is COC(=O)Nc1cccc2ccc(O)c(N=Nc3cc(S(C)(=O)=O)ccc3O)c12.Cc1nn(-c2cccc(Cl)c2)c(O)c1N=Nc1cc(S(C)(=O)=O)ccc1O.[Cr].[NH4+]. The smallest absolute Gasteiger partial charge is 0.411 e. The number of amides is 1. The van der Waals surface area contributed by atoms with Crippen LogP contribution in [0.5, 0.6) is 23.1 Å². The van der Waals surface area contributed by atoms with E-state index in [0.717, 1.165) is 12.5 Å². The van der Waals surface area contributed by atoms with Crippen LogP contribution >= 0.6 is 11.6 Å². The molecule has 0 bridgehead atoms. The van der Waals surface area contributed by atoms with Gasteiger partial charge in [0.05, 0.1) is 34.0 Å². The molecule has 0 spiro atoms. The zero-order valence-electron chi connectivity index (χ0n) is 31.2. The van der Waals surface area contributed by atoms with Crippen LogP contribution < -0.4 is 11.5 Å².